The van der Waals surface area contributed by atoms with E-state index in [1.165, 1.54) is 23.1 Å². The third kappa shape index (κ3) is 8.49. The second-order valence-electron chi connectivity index (χ2n) is 9.14. The van der Waals surface area contributed by atoms with E-state index in [1.807, 2.05) is 51.1 Å². The normalized spacial score (nSPS) is 12.7. The topological polar surface area (TPSA) is 86.8 Å². The summed E-state index contributed by atoms with van der Waals surface area (Å²) < 4.78 is 26.1. The van der Waals surface area contributed by atoms with Crippen molar-refractivity contribution in [2.75, 3.05) is 23.7 Å². The molecule has 1 N–H and O–H groups in total. The Kier molecular flexibility index (Phi) is 9.39. The standard InChI is InChI=1S/C24H31Cl2N3O4S/c1-17(23(31)27-24(2,3)4)28(12-11-18-9-7-6-8-10-18)22(30)16-29(34(5,32)33)21-14-19(25)13-20(26)15-21/h6-10,13-15,17H,11-12,16H2,1-5H3,(H,27,31). The Morgan fingerprint density at radius 3 is 2.09 bits per heavy atom. The van der Waals surface area contributed by atoms with Gasteiger partial charge in [0.1, 0.15) is 12.6 Å². The summed E-state index contributed by atoms with van der Waals surface area (Å²) in [7, 11) is -3.85. The van der Waals surface area contributed by atoms with Gasteiger partial charge in [0, 0.05) is 22.1 Å². The van der Waals surface area contributed by atoms with Gasteiger partial charge in [-0.25, -0.2) is 8.42 Å². The lowest BCUT2D eigenvalue weighted by atomic mass is 10.1. The summed E-state index contributed by atoms with van der Waals surface area (Å²) in [6, 6.07) is 13.0. The third-order valence-electron chi connectivity index (χ3n) is 4.96. The van der Waals surface area contributed by atoms with E-state index >= 15 is 0 Å². The molecule has 0 saturated carbocycles. The number of hydrogen-bond acceptors (Lipinski definition) is 4. The first-order valence-corrected chi connectivity index (χ1v) is 13.4. The van der Waals surface area contributed by atoms with Gasteiger partial charge >= 0.3 is 0 Å². The molecule has 186 valence electrons. The fraction of sp³-hybridized carbons (Fsp3) is 0.417. The van der Waals surface area contributed by atoms with E-state index < -0.39 is 34.1 Å². The summed E-state index contributed by atoms with van der Waals surface area (Å²) in [5, 5.41) is 3.36. The minimum Gasteiger partial charge on any atom is -0.350 e. The molecule has 0 aromatic heterocycles. The number of benzene rings is 2. The monoisotopic (exact) mass is 527 g/mol. The molecule has 2 amide bonds. The number of hydrogen-bond donors (Lipinski definition) is 1. The van der Waals surface area contributed by atoms with Crippen LogP contribution in [0, 0.1) is 0 Å². The SMILES string of the molecule is CC(C(=O)NC(C)(C)C)N(CCc1ccccc1)C(=O)CN(c1cc(Cl)cc(Cl)c1)S(C)(=O)=O. The summed E-state index contributed by atoms with van der Waals surface area (Å²) in [6.45, 7) is 6.91. The minimum atomic E-state index is -3.85. The van der Waals surface area contributed by atoms with Gasteiger partial charge in [-0.1, -0.05) is 53.5 Å². The largest absolute Gasteiger partial charge is 0.350 e. The molecule has 0 radical (unpaired) electrons. The number of anilines is 1. The summed E-state index contributed by atoms with van der Waals surface area (Å²) >= 11 is 12.1. The van der Waals surface area contributed by atoms with Gasteiger partial charge in [0.2, 0.25) is 21.8 Å². The number of sulfonamides is 1. The highest BCUT2D eigenvalue weighted by Crippen LogP contribution is 2.27. The molecule has 0 aliphatic carbocycles. The van der Waals surface area contributed by atoms with Gasteiger partial charge in [0.15, 0.2) is 0 Å². The predicted molar refractivity (Wildman–Crippen MR) is 138 cm³/mol. The van der Waals surface area contributed by atoms with Crippen LogP contribution in [-0.4, -0.2) is 56.1 Å². The molecule has 34 heavy (non-hydrogen) atoms. The Hall–Kier alpha value is -2.29. The van der Waals surface area contributed by atoms with E-state index in [4.69, 9.17) is 23.2 Å². The Morgan fingerprint density at radius 1 is 1.03 bits per heavy atom. The molecule has 0 fully saturated rings. The van der Waals surface area contributed by atoms with Crippen molar-refractivity contribution in [1.29, 1.82) is 0 Å². The average Bonchev–Trinajstić information content (AvgIpc) is 2.70. The Labute approximate surface area is 212 Å². The maximum absolute atomic E-state index is 13.5. The molecule has 0 bridgehead atoms. The number of nitrogens with one attached hydrogen (secondary N) is 1. The molecule has 7 nitrogen and oxygen atoms in total. The van der Waals surface area contributed by atoms with Crippen molar-refractivity contribution >= 4 is 50.7 Å². The minimum absolute atomic E-state index is 0.170. The summed E-state index contributed by atoms with van der Waals surface area (Å²) in [6.07, 6.45) is 1.50. The molecule has 1 atom stereocenters. The lowest BCUT2D eigenvalue weighted by Crippen LogP contribution is -2.55. The van der Waals surface area contributed by atoms with Crippen LogP contribution in [0.15, 0.2) is 48.5 Å². The first-order valence-electron chi connectivity index (χ1n) is 10.8. The molecular weight excluding hydrogens is 497 g/mol. The van der Waals surface area contributed by atoms with Gasteiger partial charge in [-0.05, 0) is 57.9 Å². The second-order valence-corrected chi connectivity index (χ2v) is 11.9. The van der Waals surface area contributed by atoms with Gasteiger partial charge in [-0.3, -0.25) is 13.9 Å². The highest BCUT2D eigenvalue weighted by molar-refractivity contribution is 7.92. The Balaban J connectivity index is 2.36. The van der Waals surface area contributed by atoms with E-state index in [0.717, 1.165) is 16.1 Å². The van der Waals surface area contributed by atoms with Gasteiger partial charge in [0.05, 0.1) is 11.9 Å². The molecule has 2 aromatic carbocycles. The maximum Gasteiger partial charge on any atom is 0.244 e. The van der Waals surface area contributed by atoms with Crippen LogP contribution in [0.25, 0.3) is 0 Å². The maximum atomic E-state index is 13.5. The molecule has 10 heteroatoms. The van der Waals surface area contributed by atoms with Crippen molar-refractivity contribution < 1.29 is 18.0 Å². The number of amides is 2. The van der Waals surface area contributed by atoms with Gasteiger partial charge < -0.3 is 10.2 Å². The van der Waals surface area contributed by atoms with Crippen molar-refractivity contribution in [3.05, 3.63) is 64.1 Å². The molecule has 2 rings (SSSR count). The fourth-order valence-corrected chi connectivity index (χ4v) is 4.69. The quantitative estimate of drug-likeness (QED) is 0.530. The zero-order valence-electron chi connectivity index (χ0n) is 20.0. The van der Waals surface area contributed by atoms with Crippen LogP contribution >= 0.6 is 23.2 Å². The van der Waals surface area contributed by atoms with Gasteiger partial charge in [-0.15, -0.1) is 0 Å². The molecule has 0 aliphatic heterocycles. The average molecular weight is 529 g/mol. The highest BCUT2D eigenvalue weighted by atomic mass is 35.5. The van der Waals surface area contributed by atoms with Crippen LogP contribution in [0.3, 0.4) is 0 Å². The molecule has 1 unspecified atom stereocenters. The number of carbonyl (C=O) groups is 2. The number of nitrogens with zero attached hydrogens (tertiary/aromatic N) is 2. The van der Waals surface area contributed by atoms with E-state index in [0.29, 0.717) is 6.42 Å². The Bertz CT molecular complexity index is 1100. The van der Waals surface area contributed by atoms with E-state index in [1.54, 1.807) is 6.92 Å². The number of rotatable bonds is 9. The zero-order chi connectivity index (χ0) is 25.7. The Morgan fingerprint density at radius 2 is 1.59 bits per heavy atom. The summed E-state index contributed by atoms with van der Waals surface area (Å²) in [5.41, 5.74) is 0.670. The molecule has 0 aliphatic rings. The van der Waals surface area contributed by atoms with Crippen molar-refractivity contribution in [2.45, 2.75) is 45.7 Å². The smallest absolute Gasteiger partial charge is 0.244 e. The third-order valence-corrected chi connectivity index (χ3v) is 6.54. The van der Waals surface area contributed by atoms with Crippen LogP contribution in [0.2, 0.25) is 10.0 Å². The second kappa shape index (κ2) is 11.4. The van der Waals surface area contributed by atoms with E-state index in [-0.39, 0.29) is 28.2 Å². The summed E-state index contributed by atoms with van der Waals surface area (Å²) in [4.78, 5) is 27.7. The lowest BCUT2D eigenvalue weighted by molar-refractivity contribution is -0.139. The lowest BCUT2D eigenvalue weighted by Gasteiger charge is -2.33. The van der Waals surface area contributed by atoms with Crippen LogP contribution in [0.5, 0.6) is 0 Å². The van der Waals surface area contributed by atoms with Crippen LogP contribution in [-0.2, 0) is 26.0 Å². The number of carbonyl (C=O) groups excluding carboxylic acids is 2. The zero-order valence-corrected chi connectivity index (χ0v) is 22.3. The first kappa shape index (κ1) is 28.0. The van der Waals surface area contributed by atoms with Crippen molar-refractivity contribution in [3.63, 3.8) is 0 Å². The van der Waals surface area contributed by atoms with E-state index in [9.17, 15) is 18.0 Å². The first-order chi connectivity index (χ1) is 15.7. The van der Waals surface area contributed by atoms with Crippen LogP contribution in [0.1, 0.15) is 33.3 Å². The van der Waals surface area contributed by atoms with Gasteiger partial charge in [-0.2, -0.15) is 0 Å². The molecule has 0 saturated heterocycles. The van der Waals surface area contributed by atoms with Gasteiger partial charge in [0.25, 0.3) is 0 Å². The van der Waals surface area contributed by atoms with Crippen molar-refractivity contribution in [1.82, 2.24) is 10.2 Å². The molecule has 0 spiro atoms. The van der Waals surface area contributed by atoms with Crippen LogP contribution < -0.4 is 9.62 Å². The van der Waals surface area contributed by atoms with Crippen molar-refractivity contribution in [2.24, 2.45) is 0 Å². The number of halogens is 2. The van der Waals surface area contributed by atoms with Crippen LogP contribution in [0.4, 0.5) is 5.69 Å². The molecular formula is C24H31Cl2N3O4S. The highest BCUT2D eigenvalue weighted by Gasteiger charge is 2.31. The molecule has 0 heterocycles. The summed E-state index contributed by atoms with van der Waals surface area (Å²) in [5.74, 6) is -0.848. The fourth-order valence-electron chi connectivity index (χ4n) is 3.34. The predicted octanol–water partition coefficient (Wildman–Crippen LogP) is 4.13. The van der Waals surface area contributed by atoms with Crippen molar-refractivity contribution in [3.8, 4) is 0 Å². The molecule has 2 aromatic rings. The van der Waals surface area contributed by atoms with E-state index in [2.05, 4.69) is 5.32 Å².